The van der Waals surface area contributed by atoms with Crippen molar-refractivity contribution >= 4 is 12.1 Å². The third-order valence-electron chi connectivity index (χ3n) is 1.73. The molecule has 1 aromatic carbocycles. The Morgan fingerprint density at radius 2 is 1.94 bits per heavy atom. The van der Waals surface area contributed by atoms with E-state index in [2.05, 4.69) is 4.74 Å². The molecule has 0 aliphatic heterocycles. The summed E-state index contributed by atoms with van der Waals surface area (Å²) < 4.78 is 64.9. The zero-order chi connectivity index (χ0) is 13.1. The van der Waals surface area contributed by atoms with E-state index in [1.807, 2.05) is 5.32 Å². The summed E-state index contributed by atoms with van der Waals surface area (Å²) in [5.41, 5.74) is -1.56. The van der Waals surface area contributed by atoms with Crippen LogP contribution in [0.1, 0.15) is 5.56 Å². The molecule has 0 unspecified atom stereocenters. The molecule has 0 aliphatic carbocycles. The predicted molar refractivity (Wildman–Crippen MR) is 47.8 cm³/mol. The Hall–Kier alpha value is -1.86. The van der Waals surface area contributed by atoms with Gasteiger partial charge in [0, 0.05) is 5.69 Å². The SMILES string of the molecule is O=CNc1ccc(OC(F)F)c(C(F)(F)F)c1. The average molecular weight is 255 g/mol. The third kappa shape index (κ3) is 3.58. The van der Waals surface area contributed by atoms with E-state index in [0.717, 1.165) is 6.07 Å². The lowest BCUT2D eigenvalue weighted by Gasteiger charge is -2.14. The monoisotopic (exact) mass is 255 g/mol. The number of rotatable bonds is 4. The van der Waals surface area contributed by atoms with Gasteiger partial charge in [-0.05, 0) is 18.2 Å². The van der Waals surface area contributed by atoms with E-state index in [1.54, 1.807) is 0 Å². The summed E-state index contributed by atoms with van der Waals surface area (Å²) in [7, 11) is 0. The molecule has 1 amide bonds. The maximum absolute atomic E-state index is 12.5. The number of amides is 1. The minimum Gasteiger partial charge on any atom is -0.434 e. The Kier molecular flexibility index (Phi) is 3.87. The van der Waals surface area contributed by atoms with Crippen LogP contribution in [0, 0.1) is 0 Å². The molecule has 94 valence electrons. The smallest absolute Gasteiger partial charge is 0.420 e. The van der Waals surface area contributed by atoms with E-state index in [4.69, 9.17) is 0 Å². The number of halogens is 5. The third-order valence-corrected chi connectivity index (χ3v) is 1.73. The van der Waals surface area contributed by atoms with Crippen molar-refractivity contribution in [1.29, 1.82) is 0 Å². The minimum atomic E-state index is -4.86. The van der Waals surface area contributed by atoms with Crippen LogP contribution in [0.5, 0.6) is 5.75 Å². The molecule has 1 aromatic rings. The van der Waals surface area contributed by atoms with Crippen LogP contribution in [-0.2, 0) is 11.0 Å². The summed E-state index contributed by atoms with van der Waals surface area (Å²) in [4.78, 5) is 10.1. The molecular weight excluding hydrogens is 249 g/mol. The Bertz CT molecular complexity index is 405. The highest BCUT2D eigenvalue weighted by atomic mass is 19.4. The van der Waals surface area contributed by atoms with Gasteiger partial charge in [0.2, 0.25) is 6.41 Å². The van der Waals surface area contributed by atoms with Crippen molar-refractivity contribution in [2.45, 2.75) is 12.8 Å². The number of ether oxygens (including phenoxy) is 1. The van der Waals surface area contributed by atoms with Crippen molar-refractivity contribution < 1.29 is 31.5 Å². The van der Waals surface area contributed by atoms with Crippen molar-refractivity contribution in [3.05, 3.63) is 23.8 Å². The number of hydrogen-bond donors (Lipinski definition) is 1. The summed E-state index contributed by atoms with van der Waals surface area (Å²) in [6, 6.07) is 2.23. The molecule has 1 N–H and O–H groups in total. The number of nitrogens with one attached hydrogen (secondary N) is 1. The van der Waals surface area contributed by atoms with Gasteiger partial charge >= 0.3 is 12.8 Å². The first-order valence-electron chi connectivity index (χ1n) is 4.21. The normalized spacial score (nSPS) is 11.4. The number of anilines is 1. The molecular formula is C9H6F5NO2. The van der Waals surface area contributed by atoms with E-state index < -0.39 is 24.1 Å². The fourth-order valence-electron chi connectivity index (χ4n) is 1.11. The number of benzene rings is 1. The van der Waals surface area contributed by atoms with Crippen LogP contribution in [-0.4, -0.2) is 13.0 Å². The highest BCUT2D eigenvalue weighted by Crippen LogP contribution is 2.38. The number of carbonyl (C=O) groups is 1. The molecule has 1 rings (SSSR count). The van der Waals surface area contributed by atoms with Crippen molar-refractivity contribution in [2.24, 2.45) is 0 Å². The fourth-order valence-corrected chi connectivity index (χ4v) is 1.11. The first-order valence-corrected chi connectivity index (χ1v) is 4.21. The van der Waals surface area contributed by atoms with Gasteiger partial charge < -0.3 is 10.1 Å². The maximum Gasteiger partial charge on any atom is 0.420 e. The Morgan fingerprint density at radius 1 is 1.29 bits per heavy atom. The van der Waals surface area contributed by atoms with Crippen LogP contribution < -0.4 is 10.1 Å². The van der Waals surface area contributed by atoms with Crippen molar-refractivity contribution in [3.63, 3.8) is 0 Å². The molecule has 0 radical (unpaired) electrons. The van der Waals surface area contributed by atoms with Crippen LogP contribution >= 0.6 is 0 Å². The van der Waals surface area contributed by atoms with E-state index in [1.165, 1.54) is 0 Å². The molecule has 17 heavy (non-hydrogen) atoms. The molecule has 0 heterocycles. The second-order valence-corrected chi connectivity index (χ2v) is 2.85. The van der Waals surface area contributed by atoms with Crippen LogP contribution in [0.3, 0.4) is 0 Å². The second-order valence-electron chi connectivity index (χ2n) is 2.85. The fraction of sp³-hybridized carbons (Fsp3) is 0.222. The van der Waals surface area contributed by atoms with Gasteiger partial charge in [-0.3, -0.25) is 4.79 Å². The number of hydrogen-bond acceptors (Lipinski definition) is 2. The first kappa shape index (κ1) is 13.2. The zero-order valence-electron chi connectivity index (χ0n) is 8.09. The molecule has 0 saturated heterocycles. The minimum absolute atomic E-state index is 0.170. The van der Waals surface area contributed by atoms with Gasteiger partial charge in [-0.15, -0.1) is 0 Å². The summed E-state index contributed by atoms with van der Waals surface area (Å²) >= 11 is 0. The Labute approximate surface area is 92.2 Å². The summed E-state index contributed by atoms with van der Waals surface area (Å²) in [5.74, 6) is -0.996. The van der Waals surface area contributed by atoms with Gasteiger partial charge in [-0.2, -0.15) is 22.0 Å². The summed E-state index contributed by atoms with van der Waals surface area (Å²) in [5, 5.41) is 1.98. The van der Waals surface area contributed by atoms with Gasteiger partial charge in [0.1, 0.15) is 5.75 Å². The van der Waals surface area contributed by atoms with Crippen molar-refractivity contribution in [3.8, 4) is 5.75 Å². The number of alkyl halides is 5. The largest absolute Gasteiger partial charge is 0.434 e. The van der Waals surface area contributed by atoms with Gasteiger partial charge in [-0.1, -0.05) is 0 Å². The van der Waals surface area contributed by atoms with E-state index in [9.17, 15) is 26.7 Å². The van der Waals surface area contributed by atoms with Crippen molar-refractivity contribution in [2.75, 3.05) is 5.32 Å². The standard InChI is InChI=1S/C9H6F5NO2/c10-8(11)17-7-2-1-5(15-4-16)3-6(7)9(12,13)14/h1-4,8H,(H,15,16). The summed E-state index contributed by atoms with van der Waals surface area (Å²) in [6.45, 7) is -3.36. The first-order chi connectivity index (χ1) is 7.84. The molecule has 0 spiro atoms. The highest BCUT2D eigenvalue weighted by Gasteiger charge is 2.35. The Morgan fingerprint density at radius 3 is 2.41 bits per heavy atom. The lowest BCUT2D eigenvalue weighted by molar-refractivity contribution is -0.141. The number of carbonyl (C=O) groups excluding carboxylic acids is 1. The molecule has 0 fully saturated rings. The molecule has 0 bridgehead atoms. The second kappa shape index (κ2) is 4.98. The average Bonchev–Trinajstić information content (AvgIpc) is 2.18. The quantitative estimate of drug-likeness (QED) is 0.663. The van der Waals surface area contributed by atoms with E-state index in [-0.39, 0.29) is 12.1 Å². The Balaban J connectivity index is 3.16. The molecule has 0 aromatic heterocycles. The van der Waals surface area contributed by atoms with Crippen LogP contribution in [0.4, 0.5) is 27.6 Å². The van der Waals surface area contributed by atoms with Gasteiger partial charge in [-0.25, -0.2) is 0 Å². The zero-order valence-corrected chi connectivity index (χ0v) is 8.09. The topological polar surface area (TPSA) is 38.3 Å². The molecule has 0 atom stereocenters. The van der Waals surface area contributed by atoms with Gasteiger partial charge in [0.25, 0.3) is 0 Å². The molecule has 3 nitrogen and oxygen atoms in total. The highest BCUT2D eigenvalue weighted by molar-refractivity contribution is 5.72. The van der Waals surface area contributed by atoms with Gasteiger partial charge in [0.15, 0.2) is 0 Å². The molecule has 8 heteroatoms. The predicted octanol–water partition coefficient (Wildman–Crippen LogP) is 2.88. The molecule has 0 saturated carbocycles. The maximum atomic E-state index is 12.5. The lowest BCUT2D eigenvalue weighted by Crippen LogP contribution is -2.12. The van der Waals surface area contributed by atoms with E-state index in [0.29, 0.717) is 12.1 Å². The van der Waals surface area contributed by atoms with Crippen molar-refractivity contribution in [1.82, 2.24) is 0 Å². The summed E-state index contributed by atoms with van der Waals surface area (Å²) in [6.07, 6.45) is -4.69. The lowest BCUT2D eigenvalue weighted by atomic mass is 10.1. The van der Waals surface area contributed by atoms with Crippen LogP contribution in [0.15, 0.2) is 18.2 Å². The van der Waals surface area contributed by atoms with Crippen LogP contribution in [0.25, 0.3) is 0 Å². The van der Waals surface area contributed by atoms with E-state index >= 15 is 0 Å². The van der Waals surface area contributed by atoms with Crippen LogP contribution in [0.2, 0.25) is 0 Å². The van der Waals surface area contributed by atoms with Gasteiger partial charge in [0.05, 0.1) is 5.56 Å². The molecule has 0 aliphatic rings.